The van der Waals surface area contributed by atoms with Gasteiger partial charge in [-0.1, -0.05) is 30.7 Å². The molecule has 1 heterocycles. The van der Waals surface area contributed by atoms with Crippen LogP contribution in [0.2, 0.25) is 5.02 Å². The molecule has 3 rings (SSSR count). The third-order valence-corrected chi connectivity index (χ3v) is 6.79. The summed E-state index contributed by atoms with van der Waals surface area (Å²) >= 11 is 5.93. The van der Waals surface area contributed by atoms with Crippen LogP contribution in [0.25, 0.3) is 0 Å². The van der Waals surface area contributed by atoms with Crippen molar-refractivity contribution in [2.45, 2.75) is 30.8 Å². The van der Waals surface area contributed by atoms with Crippen LogP contribution in [0.15, 0.2) is 47.4 Å². The Morgan fingerprint density at radius 2 is 1.93 bits per heavy atom. The first-order valence-electron chi connectivity index (χ1n) is 9.52. The lowest BCUT2D eigenvalue weighted by Gasteiger charge is -2.24. The van der Waals surface area contributed by atoms with Crippen LogP contribution in [0, 0.1) is 0 Å². The highest BCUT2D eigenvalue weighted by molar-refractivity contribution is 7.91. The molecule has 1 atom stereocenters. The molecule has 160 valence electrons. The number of ether oxygens (including phenoxy) is 1. The summed E-state index contributed by atoms with van der Waals surface area (Å²) in [6.45, 7) is 2.35. The average Bonchev–Trinajstić information content (AvgIpc) is 2.78. The molecule has 0 radical (unpaired) electrons. The number of nitrogens with two attached hydrogens (primary N) is 1. The van der Waals surface area contributed by atoms with Gasteiger partial charge in [-0.15, -0.1) is 0 Å². The Bertz CT molecular complexity index is 1050. The number of halogens is 1. The molecule has 1 aliphatic heterocycles. The van der Waals surface area contributed by atoms with Crippen molar-refractivity contribution in [3.8, 4) is 0 Å². The van der Waals surface area contributed by atoms with Gasteiger partial charge in [0, 0.05) is 17.2 Å². The van der Waals surface area contributed by atoms with E-state index in [1.807, 2.05) is 6.92 Å². The number of Topliss-reactive ketones (excluding diaryl/α,β-unsaturated/α-hetero) is 1. The van der Waals surface area contributed by atoms with Gasteiger partial charge in [-0.05, 0) is 42.3 Å². The first-order valence-corrected chi connectivity index (χ1v) is 11.5. The van der Waals surface area contributed by atoms with E-state index in [0.717, 1.165) is 12.0 Å². The first-order chi connectivity index (χ1) is 14.2. The number of benzene rings is 2. The molecule has 7 nitrogen and oxygen atoms in total. The largest absolute Gasteiger partial charge is 0.373 e. The fraction of sp³-hybridized carbons (Fsp3) is 0.333. The van der Waals surface area contributed by atoms with Crippen molar-refractivity contribution >= 4 is 38.8 Å². The van der Waals surface area contributed by atoms with Gasteiger partial charge in [0.15, 0.2) is 15.6 Å². The zero-order chi connectivity index (χ0) is 21.9. The summed E-state index contributed by atoms with van der Waals surface area (Å²) < 4.78 is 30.9. The van der Waals surface area contributed by atoms with Crippen LogP contribution in [0.1, 0.15) is 29.3 Å². The zero-order valence-electron chi connectivity index (χ0n) is 16.5. The summed E-state index contributed by atoms with van der Waals surface area (Å²) in [4.78, 5) is 26.7. The third kappa shape index (κ3) is 4.89. The van der Waals surface area contributed by atoms with E-state index in [4.69, 9.17) is 22.1 Å². The predicted molar refractivity (Wildman–Crippen MR) is 115 cm³/mol. The normalized spacial score (nSPS) is 18.0. The molecule has 0 bridgehead atoms. The Balaban J connectivity index is 2.05. The second-order valence-electron chi connectivity index (χ2n) is 7.10. The molecule has 1 amide bonds. The van der Waals surface area contributed by atoms with E-state index < -0.39 is 27.5 Å². The maximum atomic E-state index is 13.0. The van der Waals surface area contributed by atoms with Crippen LogP contribution in [0.4, 0.5) is 5.69 Å². The molecule has 0 saturated carbocycles. The van der Waals surface area contributed by atoms with Crippen molar-refractivity contribution in [2.24, 2.45) is 5.73 Å². The minimum atomic E-state index is -3.81. The van der Waals surface area contributed by atoms with Gasteiger partial charge in [-0.25, -0.2) is 8.42 Å². The smallest absolute Gasteiger partial charge is 0.245 e. The number of nitrogens with zero attached hydrogens (tertiary/aromatic N) is 1. The van der Waals surface area contributed by atoms with Gasteiger partial charge in [-0.2, -0.15) is 0 Å². The minimum Gasteiger partial charge on any atom is -0.373 e. The molecule has 0 unspecified atom stereocenters. The van der Waals surface area contributed by atoms with E-state index >= 15 is 0 Å². The van der Waals surface area contributed by atoms with Crippen molar-refractivity contribution in [1.29, 1.82) is 0 Å². The maximum absolute atomic E-state index is 13.0. The van der Waals surface area contributed by atoms with Gasteiger partial charge in [0.2, 0.25) is 5.91 Å². The molecule has 2 aromatic carbocycles. The predicted octanol–water partition coefficient (Wildman–Crippen LogP) is 2.60. The van der Waals surface area contributed by atoms with E-state index in [1.54, 1.807) is 24.3 Å². The third-order valence-electron chi connectivity index (χ3n) is 4.72. The van der Waals surface area contributed by atoms with Gasteiger partial charge < -0.3 is 15.4 Å². The fourth-order valence-corrected chi connectivity index (χ4v) is 4.89. The molecule has 1 aliphatic rings. The van der Waals surface area contributed by atoms with E-state index in [9.17, 15) is 18.0 Å². The van der Waals surface area contributed by atoms with Crippen molar-refractivity contribution in [3.05, 3.63) is 58.6 Å². The minimum absolute atomic E-state index is 0.0243. The monoisotopic (exact) mass is 450 g/mol. The van der Waals surface area contributed by atoms with Crippen LogP contribution in [0.5, 0.6) is 0 Å². The van der Waals surface area contributed by atoms with Crippen molar-refractivity contribution in [2.75, 3.05) is 23.9 Å². The number of sulfone groups is 1. The number of ketones is 1. The number of amides is 1. The van der Waals surface area contributed by atoms with Crippen LogP contribution in [-0.2, 0) is 25.9 Å². The SMILES string of the molecule is CCCOCC(=O)c1ccc2c(c1)N(Cc1ccc(Cl)cc1)C(=O)[C@@H](N)CS2(=O)=O. The average molecular weight is 451 g/mol. The summed E-state index contributed by atoms with van der Waals surface area (Å²) in [5.74, 6) is -1.32. The Morgan fingerprint density at radius 1 is 1.23 bits per heavy atom. The highest BCUT2D eigenvalue weighted by atomic mass is 35.5. The summed E-state index contributed by atoms with van der Waals surface area (Å²) in [6.07, 6.45) is 0.775. The van der Waals surface area contributed by atoms with Crippen molar-refractivity contribution in [3.63, 3.8) is 0 Å². The Morgan fingerprint density at radius 3 is 2.60 bits per heavy atom. The van der Waals surface area contributed by atoms with Gasteiger partial charge in [0.1, 0.15) is 6.61 Å². The maximum Gasteiger partial charge on any atom is 0.245 e. The molecule has 0 aliphatic carbocycles. The second kappa shape index (κ2) is 9.26. The number of carbonyl (C=O) groups is 2. The topological polar surface area (TPSA) is 107 Å². The van der Waals surface area contributed by atoms with E-state index in [0.29, 0.717) is 11.6 Å². The van der Waals surface area contributed by atoms with Crippen LogP contribution >= 0.6 is 11.6 Å². The van der Waals surface area contributed by atoms with Gasteiger partial charge in [0.25, 0.3) is 0 Å². The molecule has 2 aromatic rings. The van der Waals surface area contributed by atoms with Crippen molar-refractivity contribution in [1.82, 2.24) is 0 Å². The Hall–Kier alpha value is -2.26. The highest BCUT2D eigenvalue weighted by Gasteiger charge is 2.36. The van der Waals surface area contributed by atoms with Crippen LogP contribution in [0.3, 0.4) is 0 Å². The number of anilines is 1. The number of fused-ring (bicyclic) bond motifs is 1. The fourth-order valence-electron chi connectivity index (χ4n) is 3.21. The number of rotatable bonds is 7. The second-order valence-corrected chi connectivity index (χ2v) is 9.54. The van der Waals surface area contributed by atoms with Gasteiger partial charge in [-0.3, -0.25) is 9.59 Å². The molecule has 2 N–H and O–H groups in total. The highest BCUT2D eigenvalue weighted by Crippen LogP contribution is 2.32. The molecule has 30 heavy (non-hydrogen) atoms. The molecular weight excluding hydrogens is 428 g/mol. The summed E-state index contributed by atoms with van der Waals surface area (Å²) in [5, 5.41) is 0.542. The van der Waals surface area contributed by atoms with E-state index in [1.165, 1.54) is 23.1 Å². The first kappa shape index (κ1) is 22.4. The molecule has 0 saturated heterocycles. The zero-order valence-corrected chi connectivity index (χ0v) is 18.1. The van der Waals surface area contributed by atoms with Crippen molar-refractivity contribution < 1.29 is 22.7 Å². The molecular formula is C21H23ClN2O5S. The van der Waals surface area contributed by atoms with E-state index in [-0.39, 0.29) is 35.1 Å². The molecule has 9 heteroatoms. The quantitative estimate of drug-likeness (QED) is 0.513. The molecule has 0 aromatic heterocycles. The summed E-state index contributed by atoms with van der Waals surface area (Å²) in [5.41, 5.74) is 7.06. The lowest BCUT2D eigenvalue weighted by Crippen LogP contribution is -2.45. The standard InChI is InChI=1S/C21H23ClN2O5S/c1-2-9-29-12-19(25)15-5-8-20-18(10-15)24(11-14-3-6-16(22)7-4-14)21(26)17(23)13-30(20,27)28/h3-8,10,17H,2,9,11-13,23H2,1H3/t17-/m0/s1. The number of carbonyl (C=O) groups excluding carboxylic acids is 2. The number of hydrogen-bond donors (Lipinski definition) is 1. The van der Waals surface area contributed by atoms with Gasteiger partial charge in [0.05, 0.1) is 28.9 Å². The van der Waals surface area contributed by atoms with E-state index in [2.05, 4.69) is 0 Å². The molecule has 0 spiro atoms. The molecule has 0 fully saturated rings. The van der Waals surface area contributed by atoms with Crippen LogP contribution in [-0.4, -0.2) is 45.1 Å². The lowest BCUT2D eigenvalue weighted by atomic mass is 10.1. The Labute approximate surface area is 180 Å². The lowest BCUT2D eigenvalue weighted by molar-refractivity contribution is -0.119. The number of hydrogen-bond acceptors (Lipinski definition) is 6. The van der Waals surface area contributed by atoms with Crippen LogP contribution < -0.4 is 10.6 Å². The summed E-state index contributed by atoms with van der Waals surface area (Å²) in [7, 11) is -3.81. The van der Waals surface area contributed by atoms with Gasteiger partial charge >= 0.3 is 0 Å². The Kier molecular flexibility index (Phi) is 6.92. The summed E-state index contributed by atoms with van der Waals surface area (Å²) in [6, 6.07) is 9.87.